The van der Waals surface area contributed by atoms with Crippen LogP contribution >= 0.6 is 0 Å². The monoisotopic (exact) mass is 300 g/mol. The highest BCUT2D eigenvalue weighted by atomic mass is 19.4. The van der Waals surface area contributed by atoms with E-state index in [2.05, 4.69) is 17.3 Å². The van der Waals surface area contributed by atoms with Crippen molar-refractivity contribution < 1.29 is 13.2 Å². The second kappa shape index (κ2) is 7.27. The highest BCUT2D eigenvalue weighted by Gasteiger charge is 2.30. The van der Waals surface area contributed by atoms with Gasteiger partial charge < -0.3 is 10.2 Å². The highest BCUT2D eigenvalue weighted by molar-refractivity contribution is 5.25. The molecular formula is C16H23F3N2. The summed E-state index contributed by atoms with van der Waals surface area (Å²) in [4.78, 5) is 2.38. The van der Waals surface area contributed by atoms with E-state index in [1.807, 2.05) is 0 Å². The molecule has 0 bridgehead atoms. The molecular weight excluding hydrogens is 277 g/mol. The number of hydrogen-bond acceptors (Lipinski definition) is 2. The lowest BCUT2D eigenvalue weighted by molar-refractivity contribution is -0.137. The molecule has 2 rings (SSSR count). The molecule has 5 heteroatoms. The van der Waals surface area contributed by atoms with Crippen LogP contribution in [0.5, 0.6) is 0 Å². The van der Waals surface area contributed by atoms with Crippen molar-refractivity contribution in [3.8, 4) is 0 Å². The molecule has 1 N–H and O–H groups in total. The van der Waals surface area contributed by atoms with E-state index >= 15 is 0 Å². The fraction of sp³-hybridized carbons (Fsp3) is 0.625. The number of hydrogen-bond donors (Lipinski definition) is 1. The zero-order valence-electron chi connectivity index (χ0n) is 12.4. The zero-order chi connectivity index (χ0) is 15.3. The predicted molar refractivity (Wildman–Crippen MR) is 78.0 cm³/mol. The Labute approximate surface area is 124 Å². The maximum absolute atomic E-state index is 12.6. The number of nitrogens with zero attached hydrogens (tertiary/aromatic N) is 1. The Bertz CT molecular complexity index is 445. The van der Waals surface area contributed by atoms with Gasteiger partial charge in [-0.15, -0.1) is 0 Å². The Kier molecular flexibility index (Phi) is 5.65. The number of halogens is 3. The van der Waals surface area contributed by atoms with E-state index in [0.29, 0.717) is 18.2 Å². The average molecular weight is 300 g/mol. The third-order valence-corrected chi connectivity index (χ3v) is 4.16. The second-order valence-corrected chi connectivity index (χ2v) is 5.79. The summed E-state index contributed by atoms with van der Waals surface area (Å²) in [6.45, 7) is 2.48. The minimum Gasteiger partial charge on any atom is -0.313 e. The van der Waals surface area contributed by atoms with Gasteiger partial charge in [0, 0.05) is 12.6 Å². The molecule has 2 nitrogen and oxygen atoms in total. The van der Waals surface area contributed by atoms with Crippen LogP contribution in [0.2, 0.25) is 0 Å². The quantitative estimate of drug-likeness (QED) is 0.835. The van der Waals surface area contributed by atoms with Crippen LogP contribution in [-0.2, 0) is 12.7 Å². The first kappa shape index (κ1) is 16.3. The lowest BCUT2D eigenvalue weighted by Crippen LogP contribution is -2.38. The third-order valence-electron chi connectivity index (χ3n) is 4.16. The summed E-state index contributed by atoms with van der Waals surface area (Å²) in [7, 11) is 2.15. The molecule has 0 aromatic heterocycles. The highest BCUT2D eigenvalue weighted by Crippen LogP contribution is 2.29. The van der Waals surface area contributed by atoms with Gasteiger partial charge in [0.2, 0.25) is 0 Å². The van der Waals surface area contributed by atoms with Crippen LogP contribution in [0, 0.1) is 0 Å². The van der Waals surface area contributed by atoms with E-state index in [4.69, 9.17) is 0 Å². The minimum absolute atomic E-state index is 0.486. The third kappa shape index (κ3) is 5.00. The molecule has 0 spiro atoms. The Morgan fingerprint density at radius 2 is 2.10 bits per heavy atom. The van der Waals surface area contributed by atoms with Gasteiger partial charge in [0.15, 0.2) is 0 Å². The van der Waals surface area contributed by atoms with Crippen LogP contribution in [0.1, 0.15) is 36.8 Å². The van der Waals surface area contributed by atoms with Gasteiger partial charge >= 0.3 is 6.18 Å². The molecule has 1 atom stereocenters. The normalized spacial score (nSPS) is 20.7. The van der Waals surface area contributed by atoms with Crippen molar-refractivity contribution in [3.05, 3.63) is 35.4 Å². The molecule has 0 radical (unpaired) electrons. The maximum atomic E-state index is 12.6. The first-order valence-electron chi connectivity index (χ1n) is 7.54. The molecule has 1 aliphatic heterocycles. The smallest absolute Gasteiger partial charge is 0.313 e. The summed E-state index contributed by atoms with van der Waals surface area (Å²) >= 11 is 0. The van der Waals surface area contributed by atoms with E-state index in [-0.39, 0.29) is 0 Å². The van der Waals surface area contributed by atoms with Crippen LogP contribution in [0.25, 0.3) is 0 Å². The molecule has 1 aliphatic rings. The molecule has 0 saturated carbocycles. The first-order valence-corrected chi connectivity index (χ1v) is 7.54. The summed E-state index contributed by atoms with van der Waals surface area (Å²) in [5.41, 5.74) is 0.107. The Morgan fingerprint density at radius 1 is 1.29 bits per heavy atom. The summed E-state index contributed by atoms with van der Waals surface area (Å²) in [6.07, 6.45) is 0.561. The van der Waals surface area contributed by atoms with Crippen LogP contribution < -0.4 is 5.32 Å². The largest absolute Gasteiger partial charge is 0.416 e. The average Bonchev–Trinajstić information content (AvgIpc) is 2.45. The predicted octanol–water partition coefficient (Wildman–Crippen LogP) is 3.67. The SMILES string of the molecule is CN1CCCCC1CCNCc1cccc(C(F)(F)F)c1. The van der Waals surface area contributed by atoms with Gasteiger partial charge in [0.05, 0.1) is 5.56 Å². The summed E-state index contributed by atoms with van der Waals surface area (Å²) in [6, 6.07) is 6.14. The van der Waals surface area contributed by atoms with Crippen molar-refractivity contribution >= 4 is 0 Å². The van der Waals surface area contributed by atoms with Crippen molar-refractivity contribution in [3.63, 3.8) is 0 Å². The van der Waals surface area contributed by atoms with Crippen LogP contribution in [0.4, 0.5) is 13.2 Å². The number of alkyl halides is 3. The molecule has 1 aromatic rings. The Morgan fingerprint density at radius 3 is 2.81 bits per heavy atom. The maximum Gasteiger partial charge on any atom is 0.416 e. The molecule has 1 heterocycles. The molecule has 1 unspecified atom stereocenters. The van der Waals surface area contributed by atoms with Gasteiger partial charge in [0.1, 0.15) is 0 Å². The van der Waals surface area contributed by atoms with E-state index in [9.17, 15) is 13.2 Å². The lowest BCUT2D eigenvalue weighted by Gasteiger charge is -2.32. The van der Waals surface area contributed by atoms with Crippen molar-refractivity contribution in [1.82, 2.24) is 10.2 Å². The van der Waals surface area contributed by atoms with Crippen molar-refractivity contribution in [2.24, 2.45) is 0 Å². The first-order chi connectivity index (χ1) is 9.97. The number of rotatable bonds is 5. The molecule has 118 valence electrons. The topological polar surface area (TPSA) is 15.3 Å². The van der Waals surface area contributed by atoms with Gasteiger partial charge in [-0.25, -0.2) is 0 Å². The van der Waals surface area contributed by atoms with E-state index in [1.165, 1.54) is 31.4 Å². The lowest BCUT2D eigenvalue weighted by atomic mass is 10.0. The summed E-state index contributed by atoms with van der Waals surface area (Å²) in [5.74, 6) is 0. The van der Waals surface area contributed by atoms with E-state index in [1.54, 1.807) is 6.07 Å². The fourth-order valence-electron chi connectivity index (χ4n) is 2.87. The van der Waals surface area contributed by atoms with Crippen molar-refractivity contribution in [2.75, 3.05) is 20.1 Å². The summed E-state index contributed by atoms with van der Waals surface area (Å²) in [5, 5.41) is 3.25. The van der Waals surface area contributed by atoms with Crippen LogP contribution in [0.15, 0.2) is 24.3 Å². The van der Waals surface area contributed by atoms with Crippen LogP contribution in [-0.4, -0.2) is 31.1 Å². The van der Waals surface area contributed by atoms with Gasteiger partial charge in [-0.05, 0) is 51.0 Å². The number of likely N-dealkylation sites (tertiary alicyclic amines) is 1. The molecule has 1 fully saturated rings. The molecule has 1 saturated heterocycles. The van der Waals surface area contributed by atoms with Gasteiger partial charge in [-0.1, -0.05) is 24.6 Å². The molecule has 0 aliphatic carbocycles. The Balaban J connectivity index is 1.76. The second-order valence-electron chi connectivity index (χ2n) is 5.79. The van der Waals surface area contributed by atoms with Crippen molar-refractivity contribution in [2.45, 2.75) is 44.4 Å². The number of benzene rings is 1. The standard InChI is InChI=1S/C16H23F3N2/c1-21-10-3-2-7-15(21)8-9-20-12-13-5-4-6-14(11-13)16(17,18)19/h4-6,11,15,20H,2-3,7-10,12H2,1H3. The fourth-order valence-corrected chi connectivity index (χ4v) is 2.87. The van der Waals surface area contributed by atoms with E-state index < -0.39 is 11.7 Å². The zero-order valence-corrected chi connectivity index (χ0v) is 12.4. The Hall–Kier alpha value is -1.07. The van der Waals surface area contributed by atoms with Crippen molar-refractivity contribution in [1.29, 1.82) is 0 Å². The molecule has 0 amide bonds. The van der Waals surface area contributed by atoms with Gasteiger partial charge in [-0.3, -0.25) is 0 Å². The van der Waals surface area contributed by atoms with Gasteiger partial charge in [0.25, 0.3) is 0 Å². The number of piperidine rings is 1. The molecule has 1 aromatic carbocycles. The number of nitrogens with one attached hydrogen (secondary N) is 1. The minimum atomic E-state index is -4.26. The van der Waals surface area contributed by atoms with Gasteiger partial charge in [-0.2, -0.15) is 13.2 Å². The van der Waals surface area contributed by atoms with E-state index in [0.717, 1.165) is 25.6 Å². The van der Waals surface area contributed by atoms with Crippen LogP contribution in [0.3, 0.4) is 0 Å². The molecule has 21 heavy (non-hydrogen) atoms. The summed E-state index contributed by atoms with van der Waals surface area (Å²) < 4.78 is 37.8.